The fraction of sp³-hybridized carbons (Fsp3) is 0.529. The van der Waals surface area contributed by atoms with Crippen molar-refractivity contribution in [3.8, 4) is 0 Å². The fourth-order valence-corrected chi connectivity index (χ4v) is 3.31. The second-order valence-corrected chi connectivity index (χ2v) is 6.54. The molecule has 1 aromatic carbocycles. The summed E-state index contributed by atoms with van der Waals surface area (Å²) in [7, 11) is 0. The zero-order valence-corrected chi connectivity index (χ0v) is 11.9. The maximum atomic E-state index is 9.97. The Morgan fingerprint density at radius 2 is 1.95 bits per heavy atom. The lowest BCUT2D eigenvalue weighted by Gasteiger charge is -2.18. The second kappa shape index (κ2) is 4.68. The van der Waals surface area contributed by atoms with Gasteiger partial charge in [-0.1, -0.05) is 25.0 Å². The summed E-state index contributed by atoms with van der Waals surface area (Å²) < 4.78 is 2.44. The average Bonchev–Trinajstić information content (AvgIpc) is 2.93. The minimum absolute atomic E-state index is 0.640. The topological polar surface area (TPSA) is 25.2 Å². The number of rotatable bonds is 3. The molecule has 0 atom stereocenters. The summed E-state index contributed by atoms with van der Waals surface area (Å²) in [5.74, 6) is 0. The van der Waals surface area contributed by atoms with E-state index in [4.69, 9.17) is 0 Å². The molecule has 0 radical (unpaired) electrons. The smallest absolute Gasteiger partial charge is 0.0631 e. The van der Waals surface area contributed by atoms with Gasteiger partial charge in [-0.05, 0) is 49.8 Å². The van der Waals surface area contributed by atoms with Crippen molar-refractivity contribution in [3.05, 3.63) is 36.0 Å². The van der Waals surface area contributed by atoms with E-state index in [2.05, 4.69) is 35.0 Å². The molecule has 0 amide bonds. The van der Waals surface area contributed by atoms with Gasteiger partial charge < -0.3 is 9.67 Å². The summed E-state index contributed by atoms with van der Waals surface area (Å²) in [5.41, 5.74) is 1.91. The zero-order chi connectivity index (χ0) is 13.5. The van der Waals surface area contributed by atoms with Gasteiger partial charge in [0.2, 0.25) is 0 Å². The molecule has 1 aliphatic carbocycles. The molecule has 102 valence electrons. The summed E-state index contributed by atoms with van der Waals surface area (Å²) in [6, 6.07) is 9.46. The number of hydrogen-bond donors (Lipinski definition) is 1. The average molecular weight is 257 g/mol. The molecule has 2 nitrogen and oxygen atoms in total. The molecule has 19 heavy (non-hydrogen) atoms. The van der Waals surface area contributed by atoms with Crippen LogP contribution in [-0.2, 0) is 6.42 Å². The Hall–Kier alpha value is -1.28. The molecule has 1 aliphatic rings. The Morgan fingerprint density at radius 1 is 1.21 bits per heavy atom. The second-order valence-electron chi connectivity index (χ2n) is 6.54. The van der Waals surface area contributed by atoms with Crippen LogP contribution in [0.5, 0.6) is 0 Å². The van der Waals surface area contributed by atoms with Crippen LogP contribution in [0.4, 0.5) is 0 Å². The van der Waals surface area contributed by atoms with Gasteiger partial charge in [-0.15, -0.1) is 0 Å². The number of fused-ring (bicyclic) bond motifs is 1. The molecule has 0 spiro atoms. The first-order valence-electron chi connectivity index (χ1n) is 7.35. The van der Waals surface area contributed by atoms with E-state index < -0.39 is 5.60 Å². The van der Waals surface area contributed by atoms with Gasteiger partial charge in [0.25, 0.3) is 0 Å². The van der Waals surface area contributed by atoms with E-state index in [1.54, 1.807) is 0 Å². The quantitative estimate of drug-likeness (QED) is 0.881. The minimum Gasteiger partial charge on any atom is -0.390 e. The van der Waals surface area contributed by atoms with E-state index in [1.165, 1.54) is 42.1 Å². The van der Waals surface area contributed by atoms with Crippen LogP contribution < -0.4 is 0 Å². The van der Waals surface area contributed by atoms with E-state index in [0.29, 0.717) is 12.5 Å². The van der Waals surface area contributed by atoms with Crippen molar-refractivity contribution in [1.29, 1.82) is 0 Å². The van der Waals surface area contributed by atoms with Crippen LogP contribution >= 0.6 is 0 Å². The number of hydrogen-bond acceptors (Lipinski definition) is 1. The molecule has 1 N–H and O–H groups in total. The highest BCUT2D eigenvalue weighted by Gasteiger charge is 2.19. The SMILES string of the molecule is CC(C)(O)Cc1ccc2ccn(C3CCCC3)c2c1. The van der Waals surface area contributed by atoms with Gasteiger partial charge >= 0.3 is 0 Å². The summed E-state index contributed by atoms with van der Waals surface area (Å²) in [6.45, 7) is 3.74. The van der Waals surface area contributed by atoms with Crippen molar-refractivity contribution < 1.29 is 5.11 Å². The Bertz CT molecular complexity index is 570. The largest absolute Gasteiger partial charge is 0.390 e. The first-order valence-corrected chi connectivity index (χ1v) is 7.35. The van der Waals surface area contributed by atoms with Gasteiger partial charge in [0, 0.05) is 24.2 Å². The lowest BCUT2D eigenvalue weighted by atomic mass is 9.98. The van der Waals surface area contributed by atoms with Crippen molar-refractivity contribution in [2.45, 2.75) is 57.6 Å². The van der Waals surface area contributed by atoms with Crippen LogP contribution in [0, 0.1) is 0 Å². The summed E-state index contributed by atoms with van der Waals surface area (Å²) in [4.78, 5) is 0. The number of aliphatic hydroxyl groups is 1. The zero-order valence-electron chi connectivity index (χ0n) is 11.9. The molecule has 3 rings (SSSR count). The molecule has 0 aliphatic heterocycles. The highest BCUT2D eigenvalue weighted by atomic mass is 16.3. The highest BCUT2D eigenvalue weighted by Crippen LogP contribution is 2.33. The lowest BCUT2D eigenvalue weighted by Crippen LogP contribution is -2.21. The van der Waals surface area contributed by atoms with Crippen molar-refractivity contribution in [3.63, 3.8) is 0 Å². The van der Waals surface area contributed by atoms with E-state index in [1.807, 2.05) is 13.8 Å². The molecular formula is C17H23NO. The summed E-state index contributed by atoms with van der Waals surface area (Å²) >= 11 is 0. The number of nitrogens with zero attached hydrogens (tertiary/aromatic N) is 1. The number of aromatic nitrogens is 1. The van der Waals surface area contributed by atoms with Crippen molar-refractivity contribution in [2.24, 2.45) is 0 Å². The Balaban J connectivity index is 1.98. The Morgan fingerprint density at radius 3 is 2.63 bits per heavy atom. The molecule has 1 saturated carbocycles. The minimum atomic E-state index is -0.640. The van der Waals surface area contributed by atoms with Crippen LogP contribution in [0.15, 0.2) is 30.5 Å². The summed E-state index contributed by atoms with van der Waals surface area (Å²) in [6.07, 6.45) is 8.26. The third-order valence-corrected chi connectivity index (χ3v) is 4.14. The fourth-order valence-electron chi connectivity index (χ4n) is 3.31. The molecule has 1 aromatic heterocycles. The van der Waals surface area contributed by atoms with E-state index in [9.17, 15) is 5.11 Å². The van der Waals surface area contributed by atoms with Gasteiger partial charge in [-0.2, -0.15) is 0 Å². The molecule has 0 bridgehead atoms. The van der Waals surface area contributed by atoms with E-state index in [0.717, 1.165) is 0 Å². The standard InChI is InChI=1S/C17H23NO/c1-17(2,19)12-13-7-8-14-9-10-18(16(14)11-13)15-5-3-4-6-15/h7-11,15,19H,3-6,12H2,1-2H3. The van der Waals surface area contributed by atoms with Gasteiger partial charge in [0.05, 0.1) is 5.60 Å². The van der Waals surface area contributed by atoms with Crippen LogP contribution in [0.2, 0.25) is 0 Å². The van der Waals surface area contributed by atoms with Gasteiger partial charge in [-0.3, -0.25) is 0 Å². The molecule has 0 unspecified atom stereocenters. The molecular weight excluding hydrogens is 234 g/mol. The lowest BCUT2D eigenvalue weighted by molar-refractivity contribution is 0.0810. The third kappa shape index (κ3) is 2.69. The van der Waals surface area contributed by atoms with E-state index in [-0.39, 0.29) is 0 Å². The molecule has 1 fully saturated rings. The maximum absolute atomic E-state index is 9.97. The summed E-state index contributed by atoms with van der Waals surface area (Å²) in [5, 5.41) is 11.3. The van der Waals surface area contributed by atoms with Crippen LogP contribution in [0.3, 0.4) is 0 Å². The predicted molar refractivity (Wildman–Crippen MR) is 79.4 cm³/mol. The predicted octanol–water partition coefficient (Wildman–Crippen LogP) is 4.07. The Kier molecular flexibility index (Phi) is 3.14. The Labute approximate surface area is 115 Å². The first-order chi connectivity index (χ1) is 9.03. The third-order valence-electron chi connectivity index (χ3n) is 4.14. The van der Waals surface area contributed by atoms with Crippen LogP contribution in [0.25, 0.3) is 10.9 Å². The molecule has 2 heteroatoms. The maximum Gasteiger partial charge on any atom is 0.0631 e. The van der Waals surface area contributed by atoms with Crippen LogP contribution in [0.1, 0.15) is 51.1 Å². The van der Waals surface area contributed by atoms with Gasteiger partial charge in [-0.25, -0.2) is 0 Å². The van der Waals surface area contributed by atoms with Gasteiger partial charge in [0.15, 0.2) is 0 Å². The van der Waals surface area contributed by atoms with Crippen molar-refractivity contribution >= 4 is 10.9 Å². The molecule has 0 saturated heterocycles. The normalized spacial score (nSPS) is 17.4. The number of benzene rings is 1. The van der Waals surface area contributed by atoms with E-state index >= 15 is 0 Å². The molecule has 1 heterocycles. The monoisotopic (exact) mass is 257 g/mol. The van der Waals surface area contributed by atoms with Crippen LogP contribution in [-0.4, -0.2) is 15.3 Å². The van der Waals surface area contributed by atoms with Gasteiger partial charge in [0.1, 0.15) is 0 Å². The van der Waals surface area contributed by atoms with Crippen molar-refractivity contribution in [2.75, 3.05) is 0 Å². The molecule has 2 aromatic rings. The highest BCUT2D eigenvalue weighted by molar-refractivity contribution is 5.81. The van der Waals surface area contributed by atoms with Crippen molar-refractivity contribution in [1.82, 2.24) is 4.57 Å². The first kappa shape index (κ1) is 12.7.